The third kappa shape index (κ3) is 3.05. The molecule has 1 fully saturated rings. The molecule has 1 aliphatic carbocycles. The fourth-order valence-electron chi connectivity index (χ4n) is 2.44. The van der Waals surface area contributed by atoms with Crippen LogP contribution in [0.4, 0.5) is 0 Å². The Morgan fingerprint density at radius 3 is 2.47 bits per heavy atom. The molecule has 15 heavy (non-hydrogen) atoms. The van der Waals surface area contributed by atoms with Gasteiger partial charge in [-0.25, -0.2) is 0 Å². The largest absolute Gasteiger partial charge is 0.390 e. The van der Waals surface area contributed by atoms with E-state index in [0.29, 0.717) is 13.0 Å². The van der Waals surface area contributed by atoms with Crippen LogP contribution in [0.2, 0.25) is 0 Å². The van der Waals surface area contributed by atoms with Gasteiger partial charge in [0.25, 0.3) is 0 Å². The number of hydrogen-bond donors (Lipinski definition) is 1. The molecule has 0 heterocycles. The van der Waals surface area contributed by atoms with E-state index in [2.05, 4.69) is 13.5 Å². The topological polar surface area (TPSA) is 29.5 Å². The lowest BCUT2D eigenvalue weighted by atomic mass is 9.89. The van der Waals surface area contributed by atoms with Crippen molar-refractivity contribution in [3.05, 3.63) is 12.2 Å². The lowest BCUT2D eigenvalue weighted by Crippen LogP contribution is -2.42. The monoisotopic (exact) mass is 212 g/mol. The first-order valence-corrected chi connectivity index (χ1v) is 6.13. The highest BCUT2D eigenvalue weighted by atomic mass is 16.5. The molecule has 1 saturated carbocycles. The van der Waals surface area contributed by atoms with Crippen molar-refractivity contribution < 1.29 is 9.84 Å². The third-order valence-electron chi connectivity index (χ3n) is 3.47. The summed E-state index contributed by atoms with van der Waals surface area (Å²) < 4.78 is 5.81. The van der Waals surface area contributed by atoms with Gasteiger partial charge in [0, 0.05) is 6.61 Å². The number of hydrogen-bond acceptors (Lipinski definition) is 2. The van der Waals surface area contributed by atoms with E-state index in [0.717, 1.165) is 24.8 Å². The predicted molar refractivity (Wildman–Crippen MR) is 62.9 cm³/mol. The van der Waals surface area contributed by atoms with Gasteiger partial charge in [-0.1, -0.05) is 31.9 Å². The summed E-state index contributed by atoms with van der Waals surface area (Å²) in [6.07, 6.45) is 5.62. The average Bonchev–Trinajstić information content (AvgIpc) is 2.68. The van der Waals surface area contributed by atoms with Crippen LogP contribution >= 0.6 is 0 Å². The highest BCUT2D eigenvalue weighted by molar-refractivity contribution is 5.02. The van der Waals surface area contributed by atoms with E-state index in [1.807, 2.05) is 6.92 Å². The van der Waals surface area contributed by atoms with Crippen molar-refractivity contribution >= 4 is 0 Å². The normalized spacial score (nSPS) is 21.5. The Bertz CT molecular complexity index is 205. The van der Waals surface area contributed by atoms with Crippen LogP contribution in [0.25, 0.3) is 0 Å². The van der Waals surface area contributed by atoms with Gasteiger partial charge in [-0.3, -0.25) is 0 Å². The van der Waals surface area contributed by atoms with Crippen molar-refractivity contribution in [2.75, 3.05) is 6.61 Å². The standard InChI is InChI=1S/C13H24O2/c1-4-11(3)10-12(14)13(15-5-2)8-6-7-9-13/h12,14H,3-10H2,1-2H3. The molecule has 0 aliphatic heterocycles. The number of ether oxygens (including phenoxy) is 1. The quantitative estimate of drug-likeness (QED) is 0.686. The van der Waals surface area contributed by atoms with Crippen molar-refractivity contribution in [1.82, 2.24) is 0 Å². The second-order valence-electron chi connectivity index (χ2n) is 4.53. The Balaban J connectivity index is 2.58. The van der Waals surface area contributed by atoms with E-state index in [9.17, 15) is 5.11 Å². The van der Waals surface area contributed by atoms with Crippen molar-refractivity contribution in [1.29, 1.82) is 0 Å². The van der Waals surface area contributed by atoms with Crippen LogP contribution in [-0.4, -0.2) is 23.4 Å². The summed E-state index contributed by atoms with van der Waals surface area (Å²) in [5.74, 6) is 0. The second kappa shape index (κ2) is 5.66. The van der Waals surface area contributed by atoms with Gasteiger partial charge in [0.05, 0.1) is 11.7 Å². The fraction of sp³-hybridized carbons (Fsp3) is 0.846. The molecule has 0 amide bonds. The molecule has 1 rings (SSSR count). The van der Waals surface area contributed by atoms with E-state index in [1.165, 1.54) is 12.8 Å². The van der Waals surface area contributed by atoms with E-state index < -0.39 is 0 Å². The van der Waals surface area contributed by atoms with Crippen LogP contribution < -0.4 is 0 Å². The Morgan fingerprint density at radius 1 is 1.40 bits per heavy atom. The van der Waals surface area contributed by atoms with Gasteiger partial charge < -0.3 is 9.84 Å². The minimum atomic E-state index is -0.368. The lowest BCUT2D eigenvalue weighted by Gasteiger charge is -2.34. The molecule has 1 atom stereocenters. The van der Waals surface area contributed by atoms with Crippen LogP contribution in [-0.2, 0) is 4.74 Å². The fourth-order valence-corrected chi connectivity index (χ4v) is 2.44. The molecule has 1 N–H and O–H groups in total. The van der Waals surface area contributed by atoms with Gasteiger partial charge in [0.1, 0.15) is 0 Å². The van der Waals surface area contributed by atoms with Crippen LogP contribution in [0.5, 0.6) is 0 Å². The first kappa shape index (κ1) is 12.7. The SMILES string of the molecule is C=C(CC)CC(O)C1(OCC)CCCC1. The maximum atomic E-state index is 10.2. The molecule has 2 nitrogen and oxygen atoms in total. The van der Waals surface area contributed by atoms with Gasteiger partial charge in [-0.2, -0.15) is 0 Å². The number of aliphatic hydroxyl groups is 1. The van der Waals surface area contributed by atoms with E-state index in [1.54, 1.807) is 0 Å². The van der Waals surface area contributed by atoms with Gasteiger partial charge in [0.2, 0.25) is 0 Å². The Hall–Kier alpha value is -0.340. The van der Waals surface area contributed by atoms with E-state index in [-0.39, 0.29) is 11.7 Å². The maximum absolute atomic E-state index is 10.2. The molecule has 0 saturated heterocycles. The first-order chi connectivity index (χ1) is 7.14. The van der Waals surface area contributed by atoms with Crippen molar-refractivity contribution in [3.63, 3.8) is 0 Å². The molecule has 2 heteroatoms. The van der Waals surface area contributed by atoms with Crippen LogP contribution in [0.15, 0.2) is 12.2 Å². The summed E-state index contributed by atoms with van der Waals surface area (Å²) in [4.78, 5) is 0. The Morgan fingerprint density at radius 2 is 2.00 bits per heavy atom. The maximum Gasteiger partial charge on any atom is 0.0943 e. The smallest absolute Gasteiger partial charge is 0.0943 e. The molecular weight excluding hydrogens is 188 g/mol. The van der Waals surface area contributed by atoms with Crippen molar-refractivity contribution in [3.8, 4) is 0 Å². The molecule has 0 aromatic carbocycles. The highest BCUT2D eigenvalue weighted by Crippen LogP contribution is 2.38. The van der Waals surface area contributed by atoms with Crippen LogP contribution in [0, 0.1) is 0 Å². The third-order valence-corrected chi connectivity index (χ3v) is 3.47. The van der Waals surface area contributed by atoms with Gasteiger partial charge >= 0.3 is 0 Å². The lowest BCUT2D eigenvalue weighted by molar-refractivity contribution is -0.115. The van der Waals surface area contributed by atoms with E-state index >= 15 is 0 Å². The minimum Gasteiger partial charge on any atom is -0.390 e. The summed E-state index contributed by atoms with van der Waals surface area (Å²) in [5, 5.41) is 10.2. The molecule has 88 valence electrons. The predicted octanol–water partition coefficient (Wildman–Crippen LogP) is 3.05. The summed E-state index contributed by atoms with van der Waals surface area (Å²) in [6, 6.07) is 0. The Kier molecular flexibility index (Phi) is 4.81. The van der Waals surface area contributed by atoms with Gasteiger partial charge in [-0.15, -0.1) is 0 Å². The molecular formula is C13H24O2. The van der Waals surface area contributed by atoms with Crippen molar-refractivity contribution in [2.45, 2.75) is 64.1 Å². The zero-order chi connectivity index (χ0) is 11.3. The zero-order valence-corrected chi connectivity index (χ0v) is 10.1. The zero-order valence-electron chi connectivity index (χ0n) is 10.1. The minimum absolute atomic E-state index is 0.271. The highest BCUT2D eigenvalue weighted by Gasteiger charge is 2.41. The molecule has 0 radical (unpaired) electrons. The van der Waals surface area contributed by atoms with Crippen LogP contribution in [0.3, 0.4) is 0 Å². The van der Waals surface area contributed by atoms with E-state index in [4.69, 9.17) is 4.74 Å². The molecule has 0 aromatic heterocycles. The molecule has 0 bridgehead atoms. The average molecular weight is 212 g/mol. The number of rotatable bonds is 6. The first-order valence-electron chi connectivity index (χ1n) is 6.13. The van der Waals surface area contributed by atoms with Crippen LogP contribution in [0.1, 0.15) is 52.4 Å². The summed E-state index contributed by atoms with van der Waals surface area (Å²) in [5.41, 5.74) is 0.848. The summed E-state index contributed by atoms with van der Waals surface area (Å²) in [6.45, 7) is 8.73. The number of aliphatic hydroxyl groups excluding tert-OH is 1. The molecule has 1 unspecified atom stereocenters. The van der Waals surface area contributed by atoms with Gasteiger partial charge in [-0.05, 0) is 32.6 Å². The molecule has 0 aromatic rings. The van der Waals surface area contributed by atoms with Gasteiger partial charge in [0.15, 0.2) is 0 Å². The van der Waals surface area contributed by atoms with Crippen molar-refractivity contribution in [2.24, 2.45) is 0 Å². The summed E-state index contributed by atoms with van der Waals surface area (Å²) >= 11 is 0. The molecule has 0 spiro atoms. The summed E-state index contributed by atoms with van der Waals surface area (Å²) in [7, 11) is 0. The molecule has 1 aliphatic rings. The second-order valence-corrected chi connectivity index (χ2v) is 4.53. The Labute approximate surface area is 93.3 Å².